The van der Waals surface area contributed by atoms with Gasteiger partial charge in [0, 0.05) is 18.2 Å². The molecule has 1 aliphatic carbocycles. The van der Waals surface area contributed by atoms with E-state index in [1.165, 1.54) is 50.5 Å². The van der Waals surface area contributed by atoms with E-state index >= 15 is 0 Å². The van der Waals surface area contributed by atoms with Gasteiger partial charge in [-0.2, -0.15) is 0 Å². The van der Waals surface area contributed by atoms with E-state index in [0.717, 1.165) is 18.0 Å². The maximum absolute atomic E-state index is 5.49. The lowest BCUT2D eigenvalue weighted by atomic mass is 9.96. The molecule has 3 nitrogen and oxygen atoms in total. The lowest BCUT2D eigenvalue weighted by molar-refractivity contribution is 0.346. The second kappa shape index (κ2) is 9.91. The Labute approximate surface area is 134 Å². The van der Waals surface area contributed by atoms with Gasteiger partial charge in [0.1, 0.15) is 0 Å². The minimum Gasteiger partial charge on any atom is -0.493 e. The van der Waals surface area contributed by atoms with Crippen molar-refractivity contribution in [2.45, 2.75) is 57.5 Å². The molecule has 1 aliphatic rings. The van der Waals surface area contributed by atoms with Crippen LogP contribution < -0.4 is 14.8 Å². The van der Waals surface area contributed by atoms with Gasteiger partial charge in [0.2, 0.25) is 0 Å². The van der Waals surface area contributed by atoms with E-state index in [-0.39, 0.29) is 12.4 Å². The normalized spacial score (nSPS) is 16.5. The van der Waals surface area contributed by atoms with Crippen molar-refractivity contribution in [3.63, 3.8) is 0 Å². The van der Waals surface area contributed by atoms with E-state index in [4.69, 9.17) is 9.47 Å². The summed E-state index contributed by atoms with van der Waals surface area (Å²) in [5, 5.41) is 3.70. The van der Waals surface area contributed by atoms with Gasteiger partial charge in [-0.25, -0.2) is 0 Å². The third-order valence-electron chi connectivity index (χ3n) is 4.17. The molecule has 0 aliphatic heterocycles. The minimum absolute atomic E-state index is 0. The maximum atomic E-state index is 5.49. The molecule has 0 unspecified atom stereocenters. The van der Waals surface area contributed by atoms with Gasteiger partial charge in [-0.15, -0.1) is 12.4 Å². The Kier molecular flexibility index (Phi) is 8.55. The Morgan fingerprint density at radius 2 is 1.67 bits per heavy atom. The molecule has 0 saturated heterocycles. The highest BCUT2D eigenvalue weighted by atomic mass is 35.5. The number of nitrogens with one attached hydrogen (secondary N) is 1. The molecule has 2 rings (SSSR count). The number of hydrogen-bond acceptors (Lipinski definition) is 3. The van der Waals surface area contributed by atoms with Crippen LogP contribution in [0.15, 0.2) is 18.2 Å². The van der Waals surface area contributed by atoms with E-state index in [2.05, 4.69) is 11.4 Å². The van der Waals surface area contributed by atoms with Crippen LogP contribution in [0.3, 0.4) is 0 Å². The molecule has 0 atom stereocenters. The third-order valence-corrected chi connectivity index (χ3v) is 4.17. The number of para-hydroxylation sites is 1. The third kappa shape index (κ3) is 5.40. The van der Waals surface area contributed by atoms with Crippen molar-refractivity contribution in [1.82, 2.24) is 5.32 Å². The Hall–Kier alpha value is -0.930. The number of methoxy groups -OCH3 is 2. The maximum Gasteiger partial charge on any atom is 0.165 e. The Bertz CT molecular complexity index is 404. The van der Waals surface area contributed by atoms with E-state index in [1.807, 2.05) is 12.1 Å². The van der Waals surface area contributed by atoms with Crippen molar-refractivity contribution >= 4 is 12.4 Å². The smallest absolute Gasteiger partial charge is 0.165 e. The summed E-state index contributed by atoms with van der Waals surface area (Å²) in [6.07, 6.45) is 9.50. The lowest BCUT2D eigenvalue weighted by Crippen LogP contribution is -2.29. The fraction of sp³-hybridized carbons (Fsp3) is 0.647. The number of ether oxygens (including phenoxy) is 2. The van der Waals surface area contributed by atoms with Gasteiger partial charge in [-0.1, -0.05) is 44.2 Å². The zero-order valence-corrected chi connectivity index (χ0v) is 14.0. The summed E-state index contributed by atoms with van der Waals surface area (Å²) in [4.78, 5) is 0. The zero-order valence-electron chi connectivity index (χ0n) is 13.2. The first-order valence-corrected chi connectivity index (χ1v) is 7.78. The van der Waals surface area contributed by atoms with Crippen molar-refractivity contribution in [1.29, 1.82) is 0 Å². The monoisotopic (exact) mass is 313 g/mol. The summed E-state index contributed by atoms with van der Waals surface area (Å²) in [7, 11) is 3.39. The first-order valence-electron chi connectivity index (χ1n) is 7.78. The van der Waals surface area contributed by atoms with E-state index < -0.39 is 0 Å². The second-order valence-electron chi connectivity index (χ2n) is 5.58. The summed E-state index contributed by atoms with van der Waals surface area (Å²) in [6.45, 7) is 0.852. The highest BCUT2D eigenvalue weighted by Crippen LogP contribution is 2.30. The first-order chi connectivity index (χ1) is 9.85. The Morgan fingerprint density at radius 1 is 1.00 bits per heavy atom. The van der Waals surface area contributed by atoms with Gasteiger partial charge in [0.25, 0.3) is 0 Å². The molecule has 21 heavy (non-hydrogen) atoms. The summed E-state index contributed by atoms with van der Waals surface area (Å²) < 4.78 is 10.8. The fourth-order valence-corrected chi connectivity index (χ4v) is 3.01. The largest absolute Gasteiger partial charge is 0.493 e. The van der Waals surface area contributed by atoms with Crippen molar-refractivity contribution in [2.24, 2.45) is 0 Å². The van der Waals surface area contributed by atoms with Gasteiger partial charge >= 0.3 is 0 Å². The van der Waals surface area contributed by atoms with Crippen LogP contribution in [-0.2, 0) is 6.54 Å². The van der Waals surface area contributed by atoms with Gasteiger partial charge in [0.15, 0.2) is 11.5 Å². The Balaban J connectivity index is 0.00000220. The molecule has 1 fully saturated rings. The van der Waals surface area contributed by atoms with Gasteiger partial charge < -0.3 is 14.8 Å². The van der Waals surface area contributed by atoms with Crippen LogP contribution in [0, 0.1) is 0 Å². The predicted octanol–water partition coefficient (Wildman–Crippen LogP) is 4.33. The molecule has 1 N–H and O–H groups in total. The van der Waals surface area contributed by atoms with Crippen molar-refractivity contribution in [3.8, 4) is 11.5 Å². The Morgan fingerprint density at radius 3 is 2.29 bits per heavy atom. The number of halogens is 1. The summed E-state index contributed by atoms with van der Waals surface area (Å²) in [5.41, 5.74) is 1.17. The standard InChI is InChI=1S/C17H27NO2.ClH/c1-19-16-12-8-9-14(17(16)20-2)13-18-15-10-6-4-3-5-7-11-15;/h8-9,12,15,18H,3-7,10-11,13H2,1-2H3;1H. The van der Waals surface area contributed by atoms with Crippen molar-refractivity contribution in [2.75, 3.05) is 14.2 Å². The molecular weight excluding hydrogens is 286 g/mol. The van der Waals surface area contributed by atoms with Crippen molar-refractivity contribution in [3.05, 3.63) is 23.8 Å². The highest BCUT2D eigenvalue weighted by molar-refractivity contribution is 5.85. The lowest BCUT2D eigenvalue weighted by Gasteiger charge is -2.22. The van der Waals surface area contributed by atoms with Crippen LogP contribution in [-0.4, -0.2) is 20.3 Å². The van der Waals surface area contributed by atoms with Crippen LogP contribution in [0.25, 0.3) is 0 Å². The molecular formula is C17H28ClNO2. The number of rotatable bonds is 5. The molecule has 4 heteroatoms. The summed E-state index contributed by atoms with van der Waals surface area (Å²) in [6, 6.07) is 6.72. The van der Waals surface area contributed by atoms with Crippen LogP contribution in [0.1, 0.15) is 50.5 Å². The molecule has 0 bridgehead atoms. The molecule has 0 radical (unpaired) electrons. The average Bonchev–Trinajstić information content (AvgIpc) is 2.45. The number of benzene rings is 1. The SMILES string of the molecule is COc1cccc(CNC2CCCCCCC2)c1OC.Cl. The molecule has 1 aromatic rings. The van der Waals surface area contributed by atoms with Gasteiger partial charge in [-0.05, 0) is 18.9 Å². The van der Waals surface area contributed by atoms with Crippen LogP contribution in [0.5, 0.6) is 11.5 Å². The number of hydrogen-bond donors (Lipinski definition) is 1. The molecule has 0 heterocycles. The molecule has 0 spiro atoms. The van der Waals surface area contributed by atoms with Gasteiger partial charge in [0.05, 0.1) is 14.2 Å². The van der Waals surface area contributed by atoms with Gasteiger partial charge in [-0.3, -0.25) is 0 Å². The summed E-state index contributed by atoms with van der Waals surface area (Å²) >= 11 is 0. The van der Waals surface area contributed by atoms with Crippen LogP contribution in [0.2, 0.25) is 0 Å². The molecule has 120 valence electrons. The molecule has 1 saturated carbocycles. The summed E-state index contributed by atoms with van der Waals surface area (Å²) in [5.74, 6) is 1.66. The van der Waals surface area contributed by atoms with Crippen LogP contribution in [0.4, 0.5) is 0 Å². The molecule has 1 aromatic carbocycles. The van der Waals surface area contributed by atoms with E-state index in [9.17, 15) is 0 Å². The quantitative estimate of drug-likeness (QED) is 0.877. The fourth-order valence-electron chi connectivity index (χ4n) is 3.01. The van der Waals surface area contributed by atoms with E-state index in [1.54, 1.807) is 14.2 Å². The van der Waals surface area contributed by atoms with Crippen LogP contribution >= 0.6 is 12.4 Å². The molecule has 0 amide bonds. The average molecular weight is 314 g/mol. The predicted molar refractivity (Wildman–Crippen MR) is 89.7 cm³/mol. The highest BCUT2D eigenvalue weighted by Gasteiger charge is 2.13. The van der Waals surface area contributed by atoms with E-state index in [0.29, 0.717) is 6.04 Å². The minimum atomic E-state index is 0. The first kappa shape index (κ1) is 18.1. The molecule has 0 aromatic heterocycles. The van der Waals surface area contributed by atoms with Crippen molar-refractivity contribution < 1.29 is 9.47 Å². The zero-order chi connectivity index (χ0) is 14.2. The topological polar surface area (TPSA) is 30.5 Å². The second-order valence-corrected chi connectivity index (χ2v) is 5.58.